The lowest BCUT2D eigenvalue weighted by molar-refractivity contribution is 0.289. The zero-order valence-electron chi connectivity index (χ0n) is 33.0. The summed E-state index contributed by atoms with van der Waals surface area (Å²) in [6, 6.07) is 0. The SMILES string of the molecule is C.CC(C)S(=O)(=O)N(C)C.CC(C)S(=O)(=O)N(C)C(C)(C)C.CC(C)S(C)(=O)=O.CCN(CC)S(=O)(=O)C(C)C.CCS(=O)(=O)C(C)C. The zero-order chi connectivity index (χ0) is 39.7. The molecule has 0 aliphatic carbocycles. The van der Waals surface area contributed by atoms with Crippen molar-refractivity contribution >= 4 is 49.7 Å². The van der Waals surface area contributed by atoms with E-state index < -0.39 is 49.7 Å². The Hall–Kier alpha value is -0.370. The molecule has 0 amide bonds. The van der Waals surface area contributed by atoms with Gasteiger partial charge in [0, 0.05) is 51.8 Å². The second-order valence-electron chi connectivity index (χ2n) is 13.2. The first-order valence-corrected chi connectivity index (χ1v) is 23.9. The summed E-state index contributed by atoms with van der Waals surface area (Å²) < 4.78 is 114. The van der Waals surface area contributed by atoms with E-state index in [1.807, 2.05) is 34.6 Å². The molecule has 300 valence electrons. The molecule has 0 spiro atoms. The molecule has 0 heterocycles. The van der Waals surface area contributed by atoms with Crippen LogP contribution in [-0.2, 0) is 49.7 Å². The lowest BCUT2D eigenvalue weighted by atomic mass is 10.1. The summed E-state index contributed by atoms with van der Waals surface area (Å²) in [5.41, 5.74) is -0.330. The van der Waals surface area contributed by atoms with Gasteiger partial charge in [-0.05, 0) is 90.0 Å². The topological polar surface area (TPSA) is 180 Å². The van der Waals surface area contributed by atoms with Crippen LogP contribution < -0.4 is 0 Å². The molecule has 0 N–H and O–H groups in total. The first kappa shape index (κ1) is 59.8. The van der Waals surface area contributed by atoms with Crippen LogP contribution in [0.15, 0.2) is 0 Å². The van der Waals surface area contributed by atoms with Crippen LogP contribution in [0.4, 0.5) is 0 Å². The molecule has 0 saturated carbocycles. The minimum Gasteiger partial charge on any atom is -0.229 e. The van der Waals surface area contributed by atoms with Crippen molar-refractivity contribution in [2.45, 2.75) is 150 Å². The largest absolute Gasteiger partial charge is 0.229 e. The molecule has 0 aliphatic heterocycles. The third kappa shape index (κ3) is 24.7. The Bertz CT molecular complexity index is 1360. The average Bonchev–Trinajstić information content (AvgIpc) is 2.88. The minimum absolute atomic E-state index is 0. The standard InChI is InChI=1S/C8H19NO2S.C7H17NO2S.C5H13NO2S.C5H12O2S.C4H10O2S.CH4/c1-7(2)12(10,11)9(6)8(3,4)5;1-5-8(6-2)11(9,10)7(3)4;1-5(2)9(7,8)6(3)4;1-4-8(6,7)5(2)3;1-4(2)7(3,5)6;/h7H,1-6H3;7H,5-6H2,1-4H3;5H,1-4H3;5H,4H2,1-3H3;4H,1-3H3;1H4. The lowest BCUT2D eigenvalue weighted by Gasteiger charge is -2.32. The van der Waals surface area contributed by atoms with Gasteiger partial charge in [-0.3, -0.25) is 0 Å². The summed E-state index contributed by atoms with van der Waals surface area (Å²) in [7, 11) is -9.87. The van der Waals surface area contributed by atoms with Gasteiger partial charge in [0.25, 0.3) is 0 Å². The Labute approximate surface area is 299 Å². The van der Waals surface area contributed by atoms with Gasteiger partial charge in [-0.1, -0.05) is 28.2 Å². The van der Waals surface area contributed by atoms with Crippen LogP contribution in [-0.4, -0.2) is 133 Å². The van der Waals surface area contributed by atoms with E-state index in [2.05, 4.69) is 0 Å². The van der Waals surface area contributed by atoms with Gasteiger partial charge in [-0.25, -0.2) is 50.7 Å². The number of sulfonamides is 3. The summed E-state index contributed by atoms with van der Waals surface area (Å²) >= 11 is 0. The third-order valence-electron chi connectivity index (χ3n) is 6.66. The molecule has 0 radical (unpaired) electrons. The fourth-order valence-electron chi connectivity index (χ4n) is 2.33. The van der Waals surface area contributed by atoms with Crippen LogP contribution in [0.3, 0.4) is 0 Å². The number of hydrogen-bond acceptors (Lipinski definition) is 10. The van der Waals surface area contributed by atoms with Crippen LogP contribution in [0.5, 0.6) is 0 Å². The van der Waals surface area contributed by atoms with Crippen molar-refractivity contribution in [2.24, 2.45) is 0 Å². The van der Waals surface area contributed by atoms with Crippen LogP contribution in [0, 0.1) is 0 Å². The van der Waals surface area contributed by atoms with E-state index >= 15 is 0 Å². The molecule has 48 heavy (non-hydrogen) atoms. The van der Waals surface area contributed by atoms with Crippen LogP contribution in [0.1, 0.15) is 118 Å². The highest BCUT2D eigenvalue weighted by atomic mass is 32.2. The molecular weight excluding hydrogens is 723 g/mol. The van der Waals surface area contributed by atoms with E-state index in [4.69, 9.17) is 0 Å². The highest BCUT2D eigenvalue weighted by Gasteiger charge is 2.30. The van der Waals surface area contributed by atoms with Crippen molar-refractivity contribution in [2.75, 3.05) is 46.2 Å². The van der Waals surface area contributed by atoms with Gasteiger partial charge >= 0.3 is 0 Å². The van der Waals surface area contributed by atoms with Gasteiger partial charge in [0.1, 0.15) is 9.84 Å². The molecule has 0 saturated heterocycles. The van der Waals surface area contributed by atoms with Gasteiger partial charge in [-0.2, -0.15) is 4.31 Å². The highest BCUT2D eigenvalue weighted by molar-refractivity contribution is 7.92. The summed E-state index contributed by atoms with van der Waals surface area (Å²) in [5, 5.41) is -1.41. The molecule has 0 aromatic heterocycles. The molecule has 0 aliphatic rings. The molecule has 0 fully saturated rings. The lowest BCUT2D eigenvalue weighted by Crippen LogP contribution is -2.45. The molecule has 18 heteroatoms. The molecule has 0 atom stereocenters. The summed E-state index contributed by atoms with van der Waals surface area (Å²) in [6.45, 7) is 29.0. The number of sulfone groups is 2. The smallest absolute Gasteiger partial charge is 0.216 e. The van der Waals surface area contributed by atoms with Crippen molar-refractivity contribution in [1.82, 2.24) is 12.9 Å². The predicted octanol–water partition coefficient (Wildman–Crippen LogP) is 4.71. The molecule has 0 aromatic carbocycles. The van der Waals surface area contributed by atoms with Crippen molar-refractivity contribution in [3.63, 3.8) is 0 Å². The first-order chi connectivity index (χ1) is 20.4. The van der Waals surface area contributed by atoms with E-state index in [1.165, 1.54) is 33.3 Å². The Morgan fingerprint density at radius 3 is 0.812 bits per heavy atom. The molecular formula is C30H75N3O10S5. The normalized spacial score (nSPS) is 12.9. The van der Waals surface area contributed by atoms with Crippen molar-refractivity contribution in [1.29, 1.82) is 0 Å². The van der Waals surface area contributed by atoms with Gasteiger partial charge in [-0.15, -0.1) is 0 Å². The Morgan fingerprint density at radius 1 is 0.500 bits per heavy atom. The van der Waals surface area contributed by atoms with E-state index in [9.17, 15) is 42.1 Å². The van der Waals surface area contributed by atoms with Gasteiger partial charge in [0.05, 0.1) is 26.2 Å². The van der Waals surface area contributed by atoms with E-state index in [1.54, 1.807) is 83.2 Å². The third-order valence-corrected chi connectivity index (χ3v) is 17.8. The fraction of sp³-hybridized carbons (Fsp3) is 1.00. The van der Waals surface area contributed by atoms with Gasteiger partial charge in [0.15, 0.2) is 9.84 Å². The Kier molecular flexibility index (Phi) is 30.8. The van der Waals surface area contributed by atoms with E-state index in [-0.39, 0.29) is 45.0 Å². The van der Waals surface area contributed by atoms with E-state index in [0.717, 1.165) is 0 Å². The average molecular weight is 798 g/mol. The van der Waals surface area contributed by atoms with Crippen LogP contribution >= 0.6 is 0 Å². The Balaban J connectivity index is -0.000000116. The minimum atomic E-state index is -3.10. The highest BCUT2D eigenvalue weighted by Crippen LogP contribution is 2.18. The first-order valence-electron chi connectivity index (χ1n) is 15.7. The molecule has 0 bridgehead atoms. The molecule has 0 rings (SSSR count). The van der Waals surface area contributed by atoms with Crippen molar-refractivity contribution in [3.05, 3.63) is 0 Å². The maximum absolute atomic E-state index is 11.6. The van der Waals surface area contributed by atoms with Crippen LogP contribution in [0.25, 0.3) is 0 Å². The summed E-state index contributed by atoms with van der Waals surface area (Å²) in [5.74, 6) is 0.255. The zero-order valence-corrected chi connectivity index (χ0v) is 37.1. The Morgan fingerprint density at radius 2 is 0.771 bits per heavy atom. The van der Waals surface area contributed by atoms with Gasteiger partial charge < -0.3 is 0 Å². The summed E-state index contributed by atoms with van der Waals surface area (Å²) in [4.78, 5) is 0. The second kappa shape index (κ2) is 24.8. The van der Waals surface area contributed by atoms with Crippen molar-refractivity contribution in [3.8, 4) is 0 Å². The molecule has 13 nitrogen and oxygen atoms in total. The fourth-order valence-corrected chi connectivity index (χ4v) is 6.56. The van der Waals surface area contributed by atoms with Gasteiger partial charge in [0.2, 0.25) is 30.1 Å². The van der Waals surface area contributed by atoms with Crippen LogP contribution in [0.2, 0.25) is 0 Å². The molecule has 0 aromatic rings. The van der Waals surface area contributed by atoms with Crippen molar-refractivity contribution < 1.29 is 42.1 Å². The summed E-state index contributed by atoms with van der Waals surface area (Å²) in [6.07, 6.45) is 1.23. The number of rotatable bonds is 11. The second-order valence-corrected chi connectivity index (χ2v) is 26.3. The monoisotopic (exact) mass is 797 g/mol. The van der Waals surface area contributed by atoms with E-state index in [0.29, 0.717) is 13.1 Å². The maximum Gasteiger partial charge on any atom is 0.216 e. The number of hydrogen-bond donors (Lipinski definition) is 0. The molecule has 0 unspecified atom stereocenters. The number of nitrogens with zero attached hydrogens (tertiary/aromatic N) is 3. The quantitative estimate of drug-likeness (QED) is 0.284. The predicted molar refractivity (Wildman–Crippen MR) is 208 cm³/mol. The maximum atomic E-state index is 11.6.